The van der Waals surface area contributed by atoms with E-state index < -0.39 is 11.5 Å². The van der Waals surface area contributed by atoms with E-state index in [1.807, 2.05) is 29.9 Å². The van der Waals surface area contributed by atoms with Crippen molar-refractivity contribution < 1.29 is 14.7 Å². The molecule has 2 N–H and O–H groups in total. The minimum absolute atomic E-state index is 0.0239. The van der Waals surface area contributed by atoms with Crippen molar-refractivity contribution in [1.82, 2.24) is 14.9 Å². The molecule has 1 amide bonds. The first-order valence-electron chi connectivity index (χ1n) is 8.05. The molecule has 0 aromatic carbocycles. The van der Waals surface area contributed by atoms with Gasteiger partial charge in [-0.05, 0) is 32.8 Å². The number of carboxylic acids is 1. The van der Waals surface area contributed by atoms with Crippen LogP contribution >= 0.6 is 11.3 Å². The normalized spacial score (nSPS) is 16.2. The number of carboxylic acid groups (broad SMARTS) is 1. The fourth-order valence-corrected chi connectivity index (χ4v) is 4.36. The van der Waals surface area contributed by atoms with E-state index in [0.29, 0.717) is 5.56 Å². The lowest BCUT2D eigenvalue weighted by Gasteiger charge is -2.28. The summed E-state index contributed by atoms with van der Waals surface area (Å²) in [6, 6.07) is 1.84. The molecule has 128 valence electrons. The van der Waals surface area contributed by atoms with Gasteiger partial charge < -0.3 is 10.4 Å². The molecule has 0 radical (unpaired) electrons. The van der Waals surface area contributed by atoms with Gasteiger partial charge in [0.25, 0.3) is 5.91 Å². The highest BCUT2D eigenvalue weighted by atomic mass is 32.1. The van der Waals surface area contributed by atoms with Gasteiger partial charge in [-0.2, -0.15) is 0 Å². The maximum Gasteiger partial charge on any atom is 0.305 e. The minimum atomic E-state index is -0.870. The molecule has 2 aromatic rings. The highest BCUT2D eigenvalue weighted by Crippen LogP contribution is 2.33. The lowest BCUT2D eigenvalue weighted by atomic mass is 9.92. The second kappa shape index (κ2) is 6.39. The first kappa shape index (κ1) is 16.7. The fourth-order valence-electron chi connectivity index (χ4n) is 3.61. The van der Waals surface area contributed by atoms with Gasteiger partial charge in [0.2, 0.25) is 0 Å². The second-order valence-corrected chi connectivity index (χ2v) is 7.32. The Hall–Kier alpha value is -2.15. The summed E-state index contributed by atoms with van der Waals surface area (Å²) >= 11 is 1.51. The molecule has 1 aliphatic carbocycles. The number of hydrogen-bond donors (Lipinski definition) is 2. The van der Waals surface area contributed by atoms with E-state index >= 15 is 0 Å². The third kappa shape index (κ3) is 3.08. The monoisotopic (exact) mass is 347 g/mol. The molecule has 1 saturated carbocycles. The number of aryl methyl sites for hydroxylation is 1. The molecule has 0 aliphatic heterocycles. The molecule has 0 atom stereocenters. The first-order chi connectivity index (χ1) is 11.4. The Kier molecular flexibility index (Phi) is 4.45. The largest absolute Gasteiger partial charge is 0.481 e. The number of amides is 1. The SMILES string of the molecule is Cc1cc(C(=O)NC2(CC(=O)O)CCCC2)c(C)n1-c1nccs1. The Morgan fingerprint density at radius 1 is 1.38 bits per heavy atom. The molecule has 2 heterocycles. The van der Waals surface area contributed by atoms with Crippen LogP contribution in [0.1, 0.15) is 53.8 Å². The first-order valence-corrected chi connectivity index (χ1v) is 8.93. The van der Waals surface area contributed by atoms with Gasteiger partial charge in [0.05, 0.1) is 17.5 Å². The van der Waals surface area contributed by atoms with Crippen molar-refractivity contribution in [1.29, 1.82) is 0 Å². The van der Waals surface area contributed by atoms with Gasteiger partial charge in [0.1, 0.15) is 0 Å². The Morgan fingerprint density at radius 2 is 2.08 bits per heavy atom. The van der Waals surface area contributed by atoms with Crippen molar-refractivity contribution in [2.45, 2.75) is 51.5 Å². The number of nitrogens with zero attached hydrogens (tertiary/aromatic N) is 2. The zero-order valence-corrected chi connectivity index (χ0v) is 14.7. The Bertz CT molecular complexity index is 758. The molecule has 3 rings (SSSR count). The van der Waals surface area contributed by atoms with Crippen molar-refractivity contribution >= 4 is 23.2 Å². The number of carbonyl (C=O) groups is 2. The minimum Gasteiger partial charge on any atom is -0.481 e. The van der Waals surface area contributed by atoms with Crippen molar-refractivity contribution in [3.05, 3.63) is 34.6 Å². The number of nitrogens with one attached hydrogen (secondary N) is 1. The average Bonchev–Trinajstić information content (AvgIpc) is 3.20. The fraction of sp³-hybridized carbons (Fsp3) is 0.471. The van der Waals surface area contributed by atoms with E-state index in [1.54, 1.807) is 6.20 Å². The number of rotatable bonds is 5. The zero-order valence-electron chi connectivity index (χ0n) is 13.8. The van der Waals surface area contributed by atoms with Gasteiger partial charge in [-0.1, -0.05) is 12.8 Å². The molecular formula is C17H21N3O3S. The van der Waals surface area contributed by atoms with Crippen LogP contribution < -0.4 is 5.32 Å². The van der Waals surface area contributed by atoms with Crippen LogP contribution in [-0.2, 0) is 4.79 Å². The molecule has 0 saturated heterocycles. The number of aliphatic carboxylic acids is 1. The molecule has 0 unspecified atom stereocenters. The van der Waals surface area contributed by atoms with Gasteiger partial charge in [0.15, 0.2) is 5.13 Å². The smallest absolute Gasteiger partial charge is 0.305 e. The summed E-state index contributed by atoms with van der Waals surface area (Å²) in [4.78, 5) is 28.3. The highest BCUT2D eigenvalue weighted by molar-refractivity contribution is 7.12. The molecule has 1 aliphatic rings. The topological polar surface area (TPSA) is 84.2 Å². The molecular weight excluding hydrogens is 326 g/mol. The van der Waals surface area contributed by atoms with Crippen LogP contribution in [0.4, 0.5) is 0 Å². The molecule has 7 heteroatoms. The Labute approximate surface area is 144 Å². The number of aromatic nitrogens is 2. The molecule has 2 aromatic heterocycles. The lowest BCUT2D eigenvalue weighted by molar-refractivity contribution is -0.138. The standard InChI is InChI=1S/C17H21N3O3S/c1-11-9-13(12(2)20(11)16-18-7-8-24-16)15(23)19-17(10-14(21)22)5-3-4-6-17/h7-9H,3-6,10H2,1-2H3,(H,19,23)(H,21,22). The van der Waals surface area contributed by atoms with Crippen LogP contribution in [0.15, 0.2) is 17.6 Å². The van der Waals surface area contributed by atoms with Crippen LogP contribution in [0, 0.1) is 13.8 Å². The van der Waals surface area contributed by atoms with E-state index in [4.69, 9.17) is 0 Å². The van der Waals surface area contributed by atoms with E-state index in [-0.39, 0.29) is 12.3 Å². The van der Waals surface area contributed by atoms with Gasteiger partial charge in [-0.3, -0.25) is 14.2 Å². The van der Waals surface area contributed by atoms with Gasteiger partial charge in [-0.25, -0.2) is 4.98 Å². The maximum atomic E-state index is 12.8. The predicted octanol–water partition coefficient (Wildman–Crippen LogP) is 3.07. The van der Waals surface area contributed by atoms with Crippen molar-refractivity contribution in [2.24, 2.45) is 0 Å². The van der Waals surface area contributed by atoms with Crippen LogP contribution in [-0.4, -0.2) is 32.1 Å². The third-order valence-electron chi connectivity index (χ3n) is 4.72. The molecule has 24 heavy (non-hydrogen) atoms. The summed E-state index contributed by atoms with van der Waals surface area (Å²) < 4.78 is 1.96. The summed E-state index contributed by atoms with van der Waals surface area (Å²) in [6.07, 6.45) is 5.05. The average molecular weight is 347 g/mol. The Morgan fingerprint density at radius 3 is 2.67 bits per heavy atom. The molecule has 0 bridgehead atoms. The maximum absolute atomic E-state index is 12.8. The molecule has 1 fully saturated rings. The summed E-state index contributed by atoms with van der Waals surface area (Å²) in [7, 11) is 0. The van der Waals surface area contributed by atoms with Gasteiger partial charge >= 0.3 is 5.97 Å². The van der Waals surface area contributed by atoms with Crippen LogP contribution in [0.25, 0.3) is 5.13 Å². The third-order valence-corrected chi connectivity index (χ3v) is 5.47. The van der Waals surface area contributed by atoms with E-state index in [1.165, 1.54) is 11.3 Å². The predicted molar refractivity (Wildman–Crippen MR) is 91.8 cm³/mol. The van der Waals surface area contributed by atoms with Gasteiger partial charge in [0, 0.05) is 23.0 Å². The summed E-state index contributed by atoms with van der Waals surface area (Å²) in [5.41, 5.74) is 1.72. The number of carbonyl (C=O) groups excluding carboxylic acids is 1. The number of thiazole rings is 1. The van der Waals surface area contributed by atoms with Crippen molar-refractivity contribution in [3.8, 4) is 5.13 Å². The quantitative estimate of drug-likeness (QED) is 0.870. The van der Waals surface area contributed by atoms with Gasteiger partial charge in [-0.15, -0.1) is 11.3 Å². The summed E-state index contributed by atoms with van der Waals surface area (Å²) in [5.74, 6) is -1.07. The highest BCUT2D eigenvalue weighted by Gasteiger charge is 2.38. The van der Waals surface area contributed by atoms with Crippen LogP contribution in [0.5, 0.6) is 0 Å². The van der Waals surface area contributed by atoms with E-state index in [0.717, 1.165) is 42.2 Å². The lowest BCUT2D eigenvalue weighted by Crippen LogP contribution is -2.47. The molecule has 0 spiro atoms. The second-order valence-electron chi connectivity index (χ2n) is 6.45. The van der Waals surface area contributed by atoms with Crippen LogP contribution in [0.2, 0.25) is 0 Å². The van der Waals surface area contributed by atoms with E-state index in [2.05, 4.69) is 10.3 Å². The van der Waals surface area contributed by atoms with E-state index in [9.17, 15) is 14.7 Å². The zero-order chi connectivity index (χ0) is 17.3. The molecule has 6 nitrogen and oxygen atoms in total. The Balaban J connectivity index is 1.88. The summed E-state index contributed by atoms with van der Waals surface area (Å²) in [5, 5.41) is 14.9. The van der Waals surface area contributed by atoms with Crippen LogP contribution in [0.3, 0.4) is 0 Å². The number of hydrogen-bond acceptors (Lipinski definition) is 4. The van der Waals surface area contributed by atoms with Crippen molar-refractivity contribution in [3.63, 3.8) is 0 Å². The summed E-state index contributed by atoms with van der Waals surface area (Å²) in [6.45, 7) is 3.83. The van der Waals surface area contributed by atoms with Crippen molar-refractivity contribution in [2.75, 3.05) is 0 Å².